The average molecular weight is 420 g/mol. The lowest BCUT2D eigenvalue weighted by atomic mass is 10.2. The van der Waals surface area contributed by atoms with Crippen LogP contribution in [0.3, 0.4) is 0 Å². The third-order valence-corrected chi connectivity index (χ3v) is 6.95. The van der Waals surface area contributed by atoms with E-state index in [9.17, 15) is 8.42 Å². The molecule has 1 fully saturated rings. The lowest BCUT2D eigenvalue weighted by Gasteiger charge is -2.30. The number of sulfonamides is 1. The van der Waals surface area contributed by atoms with Crippen molar-refractivity contribution < 1.29 is 17.8 Å². The minimum absolute atomic E-state index is 0.336. The number of quaternary nitrogens is 1. The summed E-state index contributed by atoms with van der Waals surface area (Å²) in [6.07, 6.45) is 0. The summed E-state index contributed by atoms with van der Waals surface area (Å²) >= 11 is 5.90. The van der Waals surface area contributed by atoms with Crippen molar-refractivity contribution in [1.29, 1.82) is 0 Å². The van der Waals surface area contributed by atoms with E-state index in [1.54, 1.807) is 40.7 Å². The molecular formula is C19H20ClN4O3S+. The molecule has 0 unspecified atom stereocenters. The number of halogens is 1. The normalized spacial score (nSPS) is 16.3. The van der Waals surface area contributed by atoms with E-state index < -0.39 is 10.0 Å². The molecule has 0 radical (unpaired) electrons. The maximum absolute atomic E-state index is 12.7. The molecule has 1 N–H and O–H groups in total. The van der Waals surface area contributed by atoms with Crippen molar-refractivity contribution in [1.82, 2.24) is 14.4 Å². The largest absolute Gasteiger partial charge is 0.333 e. The molecule has 0 atom stereocenters. The SMILES string of the molecule is O=S(=O)(c1ccccc1)N1CC[NH+](Cc2nc(-c3ccc(Cl)cc3)no2)CC1. The van der Waals surface area contributed by atoms with Gasteiger partial charge in [0.15, 0.2) is 6.54 Å². The first-order valence-electron chi connectivity index (χ1n) is 9.00. The Hall–Kier alpha value is -2.26. The minimum Gasteiger partial charge on any atom is -0.333 e. The molecule has 146 valence electrons. The molecule has 0 aliphatic carbocycles. The zero-order valence-electron chi connectivity index (χ0n) is 15.1. The van der Waals surface area contributed by atoms with Gasteiger partial charge in [-0.3, -0.25) is 0 Å². The van der Waals surface area contributed by atoms with Gasteiger partial charge in [0.25, 0.3) is 5.89 Å². The first kappa shape index (κ1) is 19.1. The highest BCUT2D eigenvalue weighted by molar-refractivity contribution is 7.89. The molecule has 0 saturated carbocycles. The second-order valence-electron chi connectivity index (χ2n) is 6.66. The van der Waals surface area contributed by atoms with Gasteiger partial charge in [-0.2, -0.15) is 9.29 Å². The highest BCUT2D eigenvalue weighted by atomic mass is 35.5. The van der Waals surface area contributed by atoms with E-state index >= 15 is 0 Å². The first-order valence-corrected chi connectivity index (χ1v) is 10.8. The van der Waals surface area contributed by atoms with Crippen LogP contribution in [0.4, 0.5) is 0 Å². The van der Waals surface area contributed by atoms with Gasteiger partial charge in [-0.15, -0.1) is 0 Å². The van der Waals surface area contributed by atoms with Crippen LogP contribution >= 0.6 is 11.6 Å². The summed E-state index contributed by atoms with van der Waals surface area (Å²) in [4.78, 5) is 6.00. The van der Waals surface area contributed by atoms with Crippen LogP contribution in [-0.2, 0) is 16.6 Å². The van der Waals surface area contributed by atoms with E-state index in [0.717, 1.165) is 5.56 Å². The Morgan fingerprint density at radius 1 is 1.04 bits per heavy atom. The van der Waals surface area contributed by atoms with E-state index in [4.69, 9.17) is 16.1 Å². The van der Waals surface area contributed by atoms with Crippen LogP contribution in [0.15, 0.2) is 64.0 Å². The second-order valence-corrected chi connectivity index (χ2v) is 9.04. The molecule has 1 saturated heterocycles. The first-order chi connectivity index (χ1) is 13.5. The maximum Gasteiger partial charge on any atom is 0.282 e. The summed E-state index contributed by atoms with van der Waals surface area (Å²) in [5, 5.41) is 4.68. The van der Waals surface area contributed by atoms with Crippen molar-refractivity contribution in [3.8, 4) is 11.4 Å². The standard InChI is InChI=1S/C19H19ClN4O3S/c20-16-8-6-15(7-9-16)19-21-18(27-22-19)14-23-10-12-24(13-11-23)28(25,26)17-4-2-1-3-5-17/h1-9H,10-14H2/p+1. The quantitative estimate of drug-likeness (QED) is 0.677. The number of nitrogens with one attached hydrogen (secondary N) is 1. The Labute approximate surface area is 168 Å². The van der Waals surface area contributed by atoms with Gasteiger partial charge in [-0.25, -0.2) is 8.42 Å². The summed E-state index contributed by atoms with van der Waals surface area (Å²) < 4.78 is 32.3. The molecule has 0 amide bonds. The molecule has 1 aliphatic heterocycles. The van der Waals surface area contributed by atoms with Crippen LogP contribution < -0.4 is 4.90 Å². The Morgan fingerprint density at radius 2 is 1.71 bits per heavy atom. The van der Waals surface area contributed by atoms with Crippen molar-refractivity contribution in [2.24, 2.45) is 0 Å². The van der Waals surface area contributed by atoms with Crippen molar-refractivity contribution in [2.75, 3.05) is 26.2 Å². The number of hydrogen-bond donors (Lipinski definition) is 1. The molecule has 3 aromatic rings. The van der Waals surface area contributed by atoms with Gasteiger partial charge in [-0.1, -0.05) is 35.0 Å². The predicted octanol–water partition coefficient (Wildman–Crippen LogP) is 1.48. The van der Waals surface area contributed by atoms with Gasteiger partial charge in [0.2, 0.25) is 15.8 Å². The van der Waals surface area contributed by atoms with Gasteiger partial charge in [-0.05, 0) is 36.4 Å². The van der Waals surface area contributed by atoms with E-state index in [1.807, 2.05) is 18.2 Å². The number of benzene rings is 2. The Balaban J connectivity index is 1.37. The molecule has 2 aromatic carbocycles. The highest BCUT2D eigenvalue weighted by Crippen LogP contribution is 2.18. The minimum atomic E-state index is -3.44. The number of piperazine rings is 1. The third kappa shape index (κ3) is 4.10. The number of nitrogens with zero attached hydrogens (tertiary/aromatic N) is 3. The monoisotopic (exact) mass is 419 g/mol. The molecule has 7 nitrogen and oxygen atoms in total. The zero-order valence-corrected chi connectivity index (χ0v) is 16.7. The van der Waals surface area contributed by atoms with E-state index in [0.29, 0.717) is 54.4 Å². The van der Waals surface area contributed by atoms with Crippen molar-refractivity contribution in [3.05, 3.63) is 65.5 Å². The lowest BCUT2D eigenvalue weighted by molar-refractivity contribution is -0.918. The fourth-order valence-corrected chi connectivity index (χ4v) is 4.81. The molecule has 9 heteroatoms. The van der Waals surface area contributed by atoms with Gasteiger partial charge in [0.05, 0.1) is 31.1 Å². The average Bonchev–Trinajstić information content (AvgIpc) is 3.18. The van der Waals surface area contributed by atoms with Gasteiger partial charge in [0, 0.05) is 10.6 Å². The summed E-state index contributed by atoms with van der Waals surface area (Å²) in [6.45, 7) is 2.87. The molecule has 1 aromatic heterocycles. The third-order valence-electron chi connectivity index (χ3n) is 4.78. The molecule has 0 bridgehead atoms. The fraction of sp³-hybridized carbons (Fsp3) is 0.263. The topological polar surface area (TPSA) is 80.7 Å². The van der Waals surface area contributed by atoms with Crippen molar-refractivity contribution in [2.45, 2.75) is 11.4 Å². The van der Waals surface area contributed by atoms with Gasteiger partial charge < -0.3 is 9.42 Å². The molecule has 2 heterocycles. The number of hydrogen-bond acceptors (Lipinski definition) is 5. The molecule has 1 aliphatic rings. The van der Waals surface area contributed by atoms with E-state index in [2.05, 4.69) is 10.1 Å². The lowest BCUT2D eigenvalue weighted by Crippen LogP contribution is -3.13. The van der Waals surface area contributed by atoms with Gasteiger partial charge >= 0.3 is 0 Å². The Kier molecular flexibility index (Phi) is 5.45. The zero-order chi connectivity index (χ0) is 19.6. The second kappa shape index (κ2) is 8.00. The Bertz CT molecular complexity index is 1030. The van der Waals surface area contributed by atoms with Crippen molar-refractivity contribution in [3.63, 3.8) is 0 Å². The molecule has 0 spiro atoms. The van der Waals surface area contributed by atoms with Crippen LogP contribution in [0.5, 0.6) is 0 Å². The molecule has 4 rings (SSSR count). The predicted molar refractivity (Wildman–Crippen MR) is 104 cm³/mol. The fourth-order valence-electron chi connectivity index (χ4n) is 3.22. The summed E-state index contributed by atoms with van der Waals surface area (Å²) in [5.41, 5.74) is 0.841. The number of rotatable bonds is 5. The van der Waals surface area contributed by atoms with Crippen LogP contribution in [0.2, 0.25) is 5.02 Å². The van der Waals surface area contributed by atoms with E-state index in [-0.39, 0.29) is 0 Å². The van der Waals surface area contributed by atoms with Crippen molar-refractivity contribution >= 4 is 21.6 Å². The summed E-state index contributed by atoms with van der Waals surface area (Å²) in [6, 6.07) is 15.8. The van der Waals surface area contributed by atoms with E-state index in [1.165, 1.54) is 4.90 Å². The summed E-state index contributed by atoms with van der Waals surface area (Å²) in [5.74, 6) is 1.07. The van der Waals surface area contributed by atoms with Gasteiger partial charge in [0.1, 0.15) is 0 Å². The van der Waals surface area contributed by atoms with Crippen LogP contribution in [0, 0.1) is 0 Å². The number of aromatic nitrogens is 2. The molecular weight excluding hydrogens is 400 g/mol. The highest BCUT2D eigenvalue weighted by Gasteiger charge is 2.31. The smallest absolute Gasteiger partial charge is 0.282 e. The maximum atomic E-state index is 12.7. The Morgan fingerprint density at radius 3 is 2.39 bits per heavy atom. The molecule has 28 heavy (non-hydrogen) atoms. The van der Waals surface area contributed by atoms with Crippen LogP contribution in [-0.4, -0.2) is 49.0 Å². The van der Waals surface area contributed by atoms with Crippen LogP contribution in [0.25, 0.3) is 11.4 Å². The summed E-state index contributed by atoms with van der Waals surface area (Å²) in [7, 11) is -3.44. The van der Waals surface area contributed by atoms with Crippen LogP contribution in [0.1, 0.15) is 5.89 Å².